The monoisotopic (exact) mass is 658 g/mol. The van der Waals surface area contributed by atoms with Crippen molar-refractivity contribution in [2.45, 2.75) is 49.6 Å². The second-order valence-electron chi connectivity index (χ2n) is 11.3. The Labute approximate surface area is 266 Å². The highest BCUT2D eigenvalue weighted by Crippen LogP contribution is 2.38. The standard InChI is InChI=1S/C29H46N4O13/c1-5-16-17(8-7-15-11-33(9-10-34)12-18(24(37)38)21(15)32-28(30)31-3)19(25(39)42-4)14-44-26(16)46-27-23(43-6-2)29(40,41)22(36)20(13-35)45-27/h5,7-8,14-18,20-23,26-27,34-36,40-41H,1,6,9-13H2,2-4H3,(H,37,38)(H3,30,31,32)/t15?,16-,17+,18?,20-,21?,22-,23-,26-,27+/m1/s1. The summed E-state index contributed by atoms with van der Waals surface area (Å²) < 4.78 is 27.8. The second kappa shape index (κ2) is 16.6. The number of aliphatic hydroxyl groups is 5. The molecule has 0 saturated carbocycles. The molecule has 3 aliphatic heterocycles. The number of likely N-dealkylation sites (tertiary alicyclic amines) is 1. The molecule has 46 heavy (non-hydrogen) atoms. The number of rotatable bonds is 13. The lowest BCUT2D eigenvalue weighted by molar-refractivity contribution is -0.911. The fraction of sp³-hybridized carbons (Fsp3) is 0.690. The molecule has 4 unspecified atom stereocenters. The van der Waals surface area contributed by atoms with Crippen LogP contribution in [0.4, 0.5) is 0 Å². The third-order valence-corrected chi connectivity index (χ3v) is 8.48. The fourth-order valence-electron chi connectivity index (χ4n) is 6.09. The van der Waals surface area contributed by atoms with Crippen LogP contribution >= 0.6 is 0 Å². The first-order chi connectivity index (χ1) is 21.9. The number of carbonyl (C=O) groups excluding carboxylic acids is 2. The van der Waals surface area contributed by atoms with Gasteiger partial charge in [-0.25, -0.2) is 4.79 Å². The predicted molar refractivity (Wildman–Crippen MR) is 156 cm³/mol. The fourth-order valence-corrected chi connectivity index (χ4v) is 6.09. The van der Waals surface area contributed by atoms with Gasteiger partial charge in [-0.15, -0.1) is 6.58 Å². The molecule has 3 aliphatic rings. The SMILES string of the molecule is C=C[C@H]1[C@@H](O[C@@H]2O[C@H](CO)[C@@H](O)C(O)(O)[C@@H]2OCC)OC=C(C(=O)OC)[C@H]1C=CC1C[NH+](CCO)CC(C(=O)[O-])C1NC(N)=NC. The maximum absolute atomic E-state index is 12.8. The molecular formula is C29H46N4O13. The Bertz CT molecular complexity index is 1150. The lowest BCUT2D eigenvalue weighted by Gasteiger charge is -2.47. The van der Waals surface area contributed by atoms with Gasteiger partial charge in [-0.2, -0.15) is 0 Å². The molecule has 2 saturated heterocycles. The topological polar surface area (TPSA) is 259 Å². The minimum atomic E-state index is -2.87. The number of carboxylic acid groups (broad SMARTS) is 1. The van der Waals surface area contributed by atoms with Crippen LogP contribution in [-0.2, 0) is 33.3 Å². The number of guanidine groups is 1. The lowest BCUT2D eigenvalue weighted by atomic mass is 9.79. The van der Waals surface area contributed by atoms with Crippen LogP contribution in [0.3, 0.4) is 0 Å². The molecule has 0 spiro atoms. The molecule has 260 valence electrons. The molecule has 17 nitrogen and oxygen atoms in total. The number of carbonyl (C=O) groups is 2. The van der Waals surface area contributed by atoms with Crippen molar-refractivity contribution < 1.29 is 68.8 Å². The number of esters is 1. The summed E-state index contributed by atoms with van der Waals surface area (Å²) in [4.78, 5) is 29.7. The van der Waals surface area contributed by atoms with E-state index in [-0.39, 0.29) is 37.8 Å². The Morgan fingerprint density at radius 1 is 1.28 bits per heavy atom. The number of allylic oxidation sites excluding steroid dienone is 1. The quantitative estimate of drug-likeness (QED) is 0.0302. The van der Waals surface area contributed by atoms with Crippen LogP contribution in [-0.4, -0.2) is 140 Å². The molecule has 3 rings (SSSR count). The average molecular weight is 659 g/mol. The number of piperidine rings is 1. The highest BCUT2D eigenvalue weighted by Gasteiger charge is 2.57. The number of aliphatic imine (C=N–C) groups is 1. The zero-order valence-corrected chi connectivity index (χ0v) is 26.1. The number of nitrogens with zero attached hydrogens (tertiary/aromatic N) is 1. The van der Waals surface area contributed by atoms with Crippen LogP contribution in [0.2, 0.25) is 0 Å². The van der Waals surface area contributed by atoms with Crippen LogP contribution in [0.25, 0.3) is 0 Å². The lowest BCUT2D eigenvalue weighted by Crippen LogP contribution is -3.16. The van der Waals surface area contributed by atoms with Crippen molar-refractivity contribution in [1.29, 1.82) is 0 Å². The third-order valence-electron chi connectivity index (χ3n) is 8.48. The zero-order chi connectivity index (χ0) is 34.2. The molecule has 0 amide bonds. The first kappa shape index (κ1) is 37.3. The van der Waals surface area contributed by atoms with Gasteiger partial charge in [0, 0.05) is 25.5 Å². The van der Waals surface area contributed by atoms with Gasteiger partial charge in [0.2, 0.25) is 12.1 Å². The van der Waals surface area contributed by atoms with Crippen molar-refractivity contribution >= 4 is 17.9 Å². The van der Waals surface area contributed by atoms with E-state index in [0.717, 1.165) is 11.2 Å². The second-order valence-corrected chi connectivity index (χ2v) is 11.3. The largest absolute Gasteiger partial charge is 0.550 e. The molecule has 0 bridgehead atoms. The Hall–Kier alpha value is -3.13. The van der Waals surface area contributed by atoms with E-state index >= 15 is 0 Å². The van der Waals surface area contributed by atoms with Crippen molar-refractivity contribution in [1.82, 2.24) is 5.32 Å². The van der Waals surface area contributed by atoms with Gasteiger partial charge in [-0.05, 0) is 6.92 Å². The smallest absolute Gasteiger partial charge is 0.337 e. The number of methoxy groups -OCH3 is 1. The average Bonchev–Trinajstić information content (AvgIpc) is 3.03. The summed E-state index contributed by atoms with van der Waals surface area (Å²) in [7, 11) is 2.64. The van der Waals surface area contributed by atoms with Gasteiger partial charge in [0.25, 0.3) is 0 Å². The molecule has 0 aromatic rings. The van der Waals surface area contributed by atoms with E-state index in [9.17, 15) is 40.2 Å². The summed E-state index contributed by atoms with van der Waals surface area (Å²) in [5.74, 6) is -8.07. The summed E-state index contributed by atoms with van der Waals surface area (Å²) in [5, 5.41) is 66.1. The minimum Gasteiger partial charge on any atom is -0.550 e. The van der Waals surface area contributed by atoms with Crippen LogP contribution in [0.15, 0.2) is 41.6 Å². The van der Waals surface area contributed by atoms with Gasteiger partial charge < -0.3 is 75.1 Å². The first-order valence-electron chi connectivity index (χ1n) is 14.9. The van der Waals surface area contributed by atoms with Crippen molar-refractivity contribution in [3.8, 4) is 0 Å². The normalized spacial score (nSPS) is 36.4. The number of hydrogen-bond acceptors (Lipinski definition) is 14. The molecule has 17 heteroatoms. The summed E-state index contributed by atoms with van der Waals surface area (Å²) >= 11 is 0. The molecule has 0 aliphatic carbocycles. The van der Waals surface area contributed by atoms with Gasteiger partial charge in [-0.1, -0.05) is 18.2 Å². The van der Waals surface area contributed by atoms with Crippen LogP contribution < -0.4 is 21.1 Å². The number of hydrogen-bond donors (Lipinski definition) is 8. The molecule has 0 radical (unpaired) electrons. The van der Waals surface area contributed by atoms with Crippen LogP contribution in [0.1, 0.15) is 6.92 Å². The summed E-state index contributed by atoms with van der Waals surface area (Å²) in [6.07, 6.45) is -1.90. The Balaban J connectivity index is 2.00. The third kappa shape index (κ3) is 8.23. The van der Waals surface area contributed by atoms with Gasteiger partial charge in [0.1, 0.15) is 18.8 Å². The minimum absolute atomic E-state index is 0.0189. The molecule has 3 heterocycles. The molecule has 0 aromatic heterocycles. The van der Waals surface area contributed by atoms with Crippen molar-refractivity contribution in [2.24, 2.45) is 34.4 Å². The number of quaternary nitrogens is 1. The van der Waals surface area contributed by atoms with E-state index in [2.05, 4.69) is 16.9 Å². The maximum atomic E-state index is 12.8. The highest BCUT2D eigenvalue weighted by atomic mass is 16.8. The van der Waals surface area contributed by atoms with Gasteiger partial charge in [0.05, 0.1) is 69.1 Å². The number of ether oxygens (including phenoxy) is 5. The van der Waals surface area contributed by atoms with Crippen LogP contribution in [0, 0.1) is 23.7 Å². The highest BCUT2D eigenvalue weighted by molar-refractivity contribution is 5.89. The first-order valence-corrected chi connectivity index (χ1v) is 14.9. The summed E-state index contributed by atoms with van der Waals surface area (Å²) in [5.41, 5.74) is 5.99. The number of aliphatic hydroxyl groups excluding tert-OH is 3. The number of nitrogens with one attached hydrogen (secondary N) is 2. The maximum Gasteiger partial charge on any atom is 0.337 e. The molecule has 0 aromatic carbocycles. The Morgan fingerprint density at radius 2 is 2.00 bits per heavy atom. The van der Waals surface area contributed by atoms with Gasteiger partial charge >= 0.3 is 5.97 Å². The van der Waals surface area contributed by atoms with Gasteiger partial charge in [0.15, 0.2) is 18.4 Å². The van der Waals surface area contributed by atoms with E-state index in [0.29, 0.717) is 6.54 Å². The molecule has 2 fully saturated rings. The zero-order valence-electron chi connectivity index (χ0n) is 26.1. The van der Waals surface area contributed by atoms with Gasteiger partial charge in [-0.3, -0.25) is 4.99 Å². The van der Waals surface area contributed by atoms with E-state index in [1.807, 2.05) is 0 Å². The van der Waals surface area contributed by atoms with E-state index in [1.54, 1.807) is 19.1 Å². The molecular weight excluding hydrogens is 612 g/mol. The molecule has 11 atom stereocenters. The van der Waals surface area contributed by atoms with E-state index in [1.165, 1.54) is 20.2 Å². The van der Waals surface area contributed by atoms with Crippen molar-refractivity contribution in [2.75, 3.05) is 53.6 Å². The number of carboxylic acids is 1. The molecule has 9 N–H and O–H groups in total. The summed E-state index contributed by atoms with van der Waals surface area (Å²) in [6, 6.07) is -0.751. The summed E-state index contributed by atoms with van der Waals surface area (Å²) in [6.45, 7) is 5.33. The predicted octanol–water partition coefficient (Wildman–Crippen LogP) is -5.67. The van der Waals surface area contributed by atoms with Crippen LogP contribution in [0.5, 0.6) is 0 Å². The van der Waals surface area contributed by atoms with E-state index < -0.39 is 84.9 Å². The number of nitrogens with two attached hydrogens (primary N) is 1. The van der Waals surface area contributed by atoms with Crippen molar-refractivity contribution in [3.05, 3.63) is 36.6 Å². The Morgan fingerprint density at radius 3 is 2.57 bits per heavy atom. The van der Waals surface area contributed by atoms with E-state index in [4.69, 9.17) is 29.4 Å². The number of aliphatic carboxylic acids is 1. The Kier molecular flexibility index (Phi) is 13.5. The van der Waals surface area contributed by atoms with Crippen molar-refractivity contribution in [3.63, 3.8) is 0 Å².